The lowest BCUT2D eigenvalue weighted by atomic mass is 9.99. The number of nitrogens with zero attached hydrogens (tertiary/aromatic N) is 2. The number of benzene rings is 2. The van der Waals surface area contributed by atoms with Crippen molar-refractivity contribution in [2.24, 2.45) is 10.2 Å². The van der Waals surface area contributed by atoms with Gasteiger partial charge in [0.1, 0.15) is 17.7 Å². The molecule has 3 N–H and O–H groups in total. The van der Waals surface area contributed by atoms with Gasteiger partial charge in [0.05, 0.1) is 0 Å². The summed E-state index contributed by atoms with van der Waals surface area (Å²) < 4.78 is 0. The Bertz CT molecular complexity index is 727. The largest absolute Gasteiger partial charge is 0.382 e. The van der Waals surface area contributed by atoms with Crippen molar-refractivity contribution in [1.29, 1.82) is 0 Å². The molecule has 24 heavy (non-hydrogen) atoms. The molecule has 0 heterocycles. The van der Waals surface area contributed by atoms with Gasteiger partial charge in [-0.15, -0.1) is 5.10 Å². The van der Waals surface area contributed by atoms with Gasteiger partial charge in [0.2, 0.25) is 0 Å². The number of rotatable bonds is 4. The summed E-state index contributed by atoms with van der Waals surface area (Å²) in [5, 5.41) is 23.8. The van der Waals surface area contributed by atoms with E-state index in [0.717, 1.165) is 5.56 Å². The van der Waals surface area contributed by atoms with E-state index in [-0.39, 0.29) is 6.03 Å². The number of nitrogens with one attached hydrogen (secondary N) is 2. The van der Waals surface area contributed by atoms with Crippen LogP contribution in [0.2, 0.25) is 0 Å². The van der Waals surface area contributed by atoms with Crippen LogP contribution in [0.5, 0.6) is 0 Å². The zero-order valence-electron chi connectivity index (χ0n) is 13.6. The number of hydrogen-bond acceptors (Lipinski definition) is 4. The number of aliphatic hydroxyl groups excluding tert-OH is 1. The highest BCUT2D eigenvalue weighted by Gasteiger charge is 2.17. The third-order valence-electron chi connectivity index (χ3n) is 3.27. The SMILES string of the molecule is CNC(=O)N/C(C)=N\N=C(/c1ccccc1)C(O)c1ccccc1. The van der Waals surface area contributed by atoms with Crippen LogP contribution in [0.1, 0.15) is 24.2 Å². The minimum atomic E-state index is -0.926. The molecule has 0 bridgehead atoms. The second-order valence-corrected chi connectivity index (χ2v) is 5.05. The van der Waals surface area contributed by atoms with E-state index < -0.39 is 6.10 Å². The molecule has 124 valence electrons. The molecule has 0 aliphatic heterocycles. The number of carbonyl (C=O) groups excluding carboxylic acids is 1. The first-order valence-electron chi connectivity index (χ1n) is 7.51. The van der Waals surface area contributed by atoms with Crippen LogP contribution in [0.15, 0.2) is 70.9 Å². The summed E-state index contributed by atoms with van der Waals surface area (Å²) in [6.07, 6.45) is -0.926. The van der Waals surface area contributed by atoms with Crippen molar-refractivity contribution in [3.8, 4) is 0 Å². The summed E-state index contributed by atoms with van der Waals surface area (Å²) in [5.41, 5.74) is 1.87. The first-order valence-corrected chi connectivity index (χ1v) is 7.51. The minimum Gasteiger partial charge on any atom is -0.382 e. The Balaban J connectivity index is 2.35. The minimum absolute atomic E-state index is 0.322. The molecule has 2 aromatic carbocycles. The Kier molecular flexibility index (Phi) is 6.22. The van der Waals surface area contributed by atoms with Crippen LogP contribution in [0.4, 0.5) is 4.79 Å². The average Bonchev–Trinajstić information content (AvgIpc) is 2.63. The summed E-state index contributed by atoms with van der Waals surface area (Å²) in [7, 11) is 1.51. The van der Waals surface area contributed by atoms with Gasteiger partial charge in [-0.3, -0.25) is 5.32 Å². The number of aliphatic hydroxyl groups is 1. The van der Waals surface area contributed by atoms with Gasteiger partial charge in [-0.2, -0.15) is 5.10 Å². The smallest absolute Gasteiger partial charge is 0.319 e. The van der Waals surface area contributed by atoms with Crippen LogP contribution in [-0.4, -0.2) is 29.7 Å². The monoisotopic (exact) mass is 324 g/mol. The van der Waals surface area contributed by atoms with E-state index in [9.17, 15) is 9.90 Å². The highest BCUT2D eigenvalue weighted by Crippen LogP contribution is 2.19. The Morgan fingerprint density at radius 2 is 1.58 bits per heavy atom. The molecule has 1 unspecified atom stereocenters. The standard InChI is InChI=1S/C18H20N4O2/c1-13(20-18(24)19-2)21-22-16(14-9-5-3-6-10-14)17(23)15-11-7-4-8-12-15/h3-12,17,23H,1-2H3,(H2,19,20,21,24)/b22-16+. The molecule has 0 aromatic heterocycles. The Labute approximate surface area is 140 Å². The van der Waals surface area contributed by atoms with Gasteiger partial charge in [-0.1, -0.05) is 60.7 Å². The van der Waals surface area contributed by atoms with Gasteiger partial charge in [0, 0.05) is 12.6 Å². The number of hydrogen-bond donors (Lipinski definition) is 3. The summed E-state index contributed by atoms with van der Waals surface area (Å²) in [4.78, 5) is 11.3. The molecule has 0 aliphatic rings. The molecule has 2 amide bonds. The highest BCUT2D eigenvalue weighted by molar-refractivity contribution is 6.04. The Morgan fingerprint density at radius 1 is 1.00 bits per heavy atom. The second-order valence-electron chi connectivity index (χ2n) is 5.05. The van der Waals surface area contributed by atoms with E-state index >= 15 is 0 Å². The maximum absolute atomic E-state index is 11.3. The van der Waals surface area contributed by atoms with Crippen molar-refractivity contribution in [3.63, 3.8) is 0 Å². The van der Waals surface area contributed by atoms with E-state index in [4.69, 9.17) is 0 Å². The molecule has 6 nitrogen and oxygen atoms in total. The van der Waals surface area contributed by atoms with E-state index in [2.05, 4.69) is 20.8 Å². The first kappa shape index (κ1) is 17.4. The summed E-state index contributed by atoms with van der Waals surface area (Å²) >= 11 is 0. The van der Waals surface area contributed by atoms with Gasteiger partial charge in [-0.25, -0.2) is 4.79 Å². The molecule has 2 rings (SSSR count). The van der Waals surface area contributed by atoms with E-state index in [1.807, 2.05) is 60.7 Å². The maximum Gasteiger partial charge on any atom is 0.319 e. The van der Waals surface area contributed by atoms with Crippen molar-refractivity contribution in [3.05, 3.63) is 71.8 Å². The quantitative estimate of drug-likeness (QED) is 0.458. The molecule has 1 atom stereocenters. The summed E-state index contributed by atoms with van der Waals surface area (Å²) in [6, 6.07) is 18.2. The number of urea groups is 1. The van der Waals surface area contributed by atoms with Crippen molar-refractivity contribution in [2.75, 3.05) is 7.05 Å². The lowest BCUT2D eigenvalue weighted by molar-refractivity contribution is 0.247. The molecule has 0 saturated carbocycles. The number of carbonyl (C=O) groups is 1. The van der Waals surface area contributed by atoms with Crippen LogP contribution >= 0.6 is 0 Å². The normalized spacial score (nSPS) is 13.3. The maximum atomic E-state index is 11.3. The van der Waals surface area contributed by atoms with E-state index in [1.165, 1.54) is 7.05 Å². The van der Waals surface area contributed by atoms with Gasteiger partial charge in [0.25, 0.3) is 0 Å². The molecule has 2 aromatic rings. The molecule has 0 spiro atoms. The fourth-order valence-corrected chi connectivity index (χ4v) is 2.05. The fourth-order valence-electron chi connectivity index (χ4n) is 2.05. The molecule has 6 heteroatoms. The van der Waals surface area contributed by atoms with Crippen LogP contribution < -0.4 is 10.6 Å². The van der Waals surface area contributed by atoms with Crippen LogP contribution in [0, 0.1) is 0 Å². The molecule has 0 saturated heterocycles. The van der Waals surface area contributed by atoms with Gasteiger partial charge >= 0.3 is 6.03 Å². The average molecular weight is 324 g/mol. The fraction of sp³-hybridized carbons (Fsp3) is 0.167. The number of amidine groups is 1. The van der Waals surface area contributed by atoms with E-state index in [0.29, 0.717) is 17.1 Å². The van der Waals surface area contributed by atoms with Gasteiger partial charge in [0.15, 0.2) is 0 Å². The molecule has 0 radical (unpaired) electrons. The highest BCUT2D eigenvalue weighted by atomic mass is 16.3. The molecule has 0 aliphatic carbocycles. The summed E-state index contributed by atoms with van der Waals surface area (Å²) in [6.45, 7) is 1.62. The van der Waals surface area contributed by atoms with Crippen LogP contribution in [0.25, 0.3) is 0 Å². The Hall–Kier alpha value is -2.99. The predicted octanol–water partition coefficient (Wildman–Crippen LogP) is 2.47. The van der Waals surface area contributed by atoms with Crippen molar-refractivity contribution in [2.45, 2.75) is 13.0 Å². The zero-order chi connectivity index (χ0) is 17.4. The summed E-state index contributed by atoms with van der Waals surface area (Å²) in [5.74, 6) is 0.322. The van der Waals surface area contributed by atoms with Crippen molar-refractivity contribution >= 4 is 17.6 Å². The Morgan fingerprint density at radius 3 is 2.17 bits per heavy atom. The third kappa shape index (κ3) is 4.76. The molecule has 0 fully saturated rings. The first-order chi connectivity index (χ1) is 11.6. The van der Waals surface area contributed by atoms with Gasteiger partial charge in [-0.05, 0) is 12.5 Å². The molecular formula is C18H20N4O2. The van der Waals surface area contributed by atoms with Crippen LogP contribution in [0.3, 0.4) is 0 Å². The van der Waals surface area contributed by atoms with Crippen LogP contribution in [-0.2, 0) is 0 Å². The van der Waals surface area contributed by atoms with Gasteiger partial charge < -0.3 is 10.4 Å². The third-order valence-corrected chi connectivity index (χ3v) is 3.27. The van der Waals surface area contributed by atoms with Crippen molar-refractivity contribution in [1.82, 2.24) is 10.6 Å². The lowest BCUT2D eigenvalue weighted by Gasteiger charge is -2.13. The second kappa shape index (κ2) is 8.59. The topological polar surface area (TPSA) is 86.1 Å². The molecular weight excluding hydrogens is 304 g/mol. The predicted molar refractivity (Wildman–Crippen MR) is 95.1 cm³/mol. The lowest BCUT2D eigenvalue weighted by Crippen LogP contribution is -2.35. The van der Waals surface area contributed by atoms with Crippen molar-refractivity contribution < 1.29 is 9.90 Å². The zero-order valence-corrected chi connectivity index (χ0v) is 13.6. The van der Waals surface area contributed by atoms with E-state index in [1.54, 1.807) is 6.92 Å². The number of amides is 2.